The van der Waals surface area contributed by atoms with Crippen molar-refractivity contribution in [1.29, 1.82) is 0 Å². The Labute approximate surface area is 78.8 Å². The molecule has 0 aliphatic heterocycles. The molecule has 1 unspecified atom stereocenters. The summed E-state index contributed by atoms with van der Waals surface area (Å²) in [6, 6.07) is 8.39. The number of hydrogen-bond acceptors (Lipinski definition) is 1. The number of hydrogen-bond donors (Lipinski definition) is 0. The van der Waals surface area contributed by atoms with E-state index in [1.54, 1.807) is 0 Å². The van der Waals surface area contributed by atoms with Crippen LogP contribution >= 0.6 is 0 Å². The molecule has 0 spiro atoms. The van der Waals surface area contributed by atoms with Crippen molar-refractivity contribution in [2.75, 3.05) is 0 Å². The molecule has 13 heavy (non-hydrogen) atoms. The predicted molar refractivity (Wildman–Crippen MR) is 52.6 cm³/mol. The highest BCUT2D eigenvalue weighted by atomic mass is 16.1. The van der Waals surface area contributed by atoms with Crippen LogP contribution in [0.3, 0.4) is 0 Å². The number of aryl methyl sites for hydroxylation is 1. The smallest absolute Gasteiger partial charge is 0.136 e. The van der Waals surface area contributed by atoms with Gasteiger partial charge in [-0.1, -0.05) is 31.2 Å². The molecular weight excluding hydrogens is 160 g/mol. The van der Waals surface area contributed by atoms with Gasteiger partial charge in [-0.25, -0.2) is 0 Å². The third kappa shape index (κ3) is 1.64. The van der Waals surface area contributed by atoms with E-state index in [9.17, 15) is 4.79 Å². The maximum Gasteiger partial charge on any atom is 0.136 e. The first kappa shape index (κ1) is 8.49. The second kappa shape index (κ2) is 3.33. The van der Waals surface area contributed by atoms with E-state index >= 15 is 0 Å². The Kier molecular flexibility index (Phi) is 2.17. The zero-order valence-corrected chi connectivity index (χ0v) is 7.92. The normalized spacial score (nSPS) is 22.2. The molecule has 68 valence electrons. The standard InChI is InChI=1S/C12H14O/c1-9-8-11-5-3-2-4-10(11)6-7-12(9)13/h2-5,9H,6-8H2,1H3. The van der Waals surface area contributed by atoms with E-state index in [0.29, 0.717) is 5.78 Å². The lowest BCUT2D eigenvalue weighted by atomic mass is 9.98. The van der Waals surface area contributed by atoms with Gasteiger partial charge in [0.05, 0.1) is 0 Å². The summed E-state index contributed by atoms with van der Waals surface area (Å²) in [6.45, 7) is 2.03. The molecule has 1 nitrogen and oxygen atoms in total. The Morgan fingerprint density at radius 2 is 1.85 bits per heavy atom. The van der Waals surface area contributed by atoms with E-state index in [4.69, 9.17) is 0 Å². The van der Waals surface area contributed by atoms with Crippen LogP contribution in [0.15, 0.2) is 24.3 Å². The summed E-state index contributed by atoms with van der Waals surface area (Å²) in [5.41, 5.74) is 2.72. The molecule has 0 bridgehead atoms. The van der Waals surface area contributed by atoms with Crippen LogP contribution < -0.4 is 0 Å². The van der Waals surface area contributed by atoms with Crippen LogP contribution in [0, 0.1) is 5.92 Å². The van der Waals surface area contributed by atoms with Gasteiger partial charge >= 0.3 is 0 Å². The Morgan fingerprint density at radius 3 is 2.62 bits per heavy atom. The number of rotatable bonds is 0. The summed E-state index contributed by atoms with van der Waals surface area (Å²) < 4.78 is 0. The van der Waals surface area contributed by atoms with Crippen LogP contribution in [-0.4, -0.2) is 5.78 Å². The van der Waals surface area contributed by atoms with Crippen molar-refractivity contribution < 1.29 is 4.79 Å². The molecule has 1 aromatic rings. The number of carbonyl (C=O) groups excluding carboxylic acids is 1. The second-order valence-electron chi connectivity index (χ2n) is 3.84. The van der Waals surface area contributed by atoms with Crippen LogP contribution in [0.5, 0.6) is 0 Å². The van der Waals surface area contributed by atoms with E-state index in [-0.39, 0.29) is 5.92 Å². The lowest BCUT2D eigenvalue weighted by molar-refractivity contribution is -0.122. The van der Waals surface area contributed by atoms with Crippen molar-refractivity contribution in [3.05, 3.63) is 35.4 Å². The van der Waals surface area contributed by atoms with Gasteiger partial charge in [-0.15, -0.1) is 0 Å². The molecule has 1 heteroatoms. The van der Waals surface area contributed by atoms with Crippen molar-refractivity contribution in [3.8, 4) is 0 Å². The van der Waals surface area contributed by atoms with E-state index in [1.807, 2.05) is 6.92 Å². The van der Waals surface area contributed by atoms with Crippen molar-refractivity contribution in [2.24, 2.45) is 5.92 Å². The van der Waals surface area contributed by atoms with Crippen LogP contribution in [0.4, 0.5) is 0 Å². The zero-order chi connectivity index (χ0) is 9.26. The molecule has 1 aliphatic carbocycles. The maximum atomic E-state index is 11.5. The zero-order valence-electron chi connectivity index (χ0n) is 7.92. The molecule has 0 saturated heterocycles. The minimum atomic E-state index is 0.212. The Morgan fingerprint density at radius 1 is 1.15 bits per heavy atom. The average Bonchev–Trinajstić information content (AvgIpc) is 2.28. The van der Waals surface area contributed by atoms with E-state index < -0.39 is 0 Å². The highest BCUT2D eigenvalue weighted by Gasteiger charge is 2.19. The third-order valence-corrected chi connectivity index (χ3v) is 2.83. The molecule has 0 N–H and O–H groups in total. The van der Waals surface area contributed by atoms with Crippen molar-refractivity contribution in [1.82, 2.24) is 0 Å². The summed E-state index contributed by atoms with van der Waals surface area (Å²) in [4.78, 5) is 11.5. The monoisotopic (exact) mass is 174 g/mol. The Bertz CT molecular complexity index is 328. The lowest BCUT2D eigenvalue weighted by Crippen LogP contribution is -2.10. The van der Waals surface area contributed by atoms with Gasteiger partial charge in [0.1, 0.15) is 5.78 Å². The first-order chi connectivity index (χ1) is 6.27. The topological polar surface area (TPSA) is 17.1 Å². The molecular formula is C12H14O. The molecule has 2 rings (SSSR count). The number of fused-ring (bicyclic) bond motifs is 1. The first-order valence-electron chi connectivity index (χ1n) is 4.87. The van der Waals surface area contributed by atoms with Crippen LogP contribution in [0.2, 0.25) is 0 Å². The van der Waals surface area contributed by atoms with E-state index in [2.05, 4.69) is 24.3 Å². The molecule has 0 amide bonds. The highest BCUT2D eigenvalue weighted by Crippen LogP contribution is 2.21. The van der Waals surface area contributed by atoms with E-state index in [1.165, 1.54) is 11.1 Å². The van der Waals surface area contributed by atoms with Gasteiger partial charge in [0, 0.05) is 12.3 Å². The highest BCUT2D eigenvalue weighted by molar-refractivity contribution is 5.81. The summed E-state index contributed by atoms with van der Waals surface area (Å²) in [7, 11) is 0. The van der Waals surface area contributed by atoms with Gasteiger partial charge in [0.2, 0.25) is 0 Å². The molecule has 0 heterocycles. The summed E-state index contributed by atoms with van der Waals surface area (Å²) in [6.07, 6.45) is 2.58. The lowest BCUT2D eigenvalue weighted by Gasteiger charge is -2.06. The molecule has 1 atom stereocenters. The molecule has 1 aliphatic rings. The van der Waals surface area contributed by atoms with Crippen LogP contribution in [0.25, 0.3) is 0 Å². The van der Waals surface area contributed by atoms with E-state index in [0.717, 1.165) is 19.3 Å². The van der Waals surface area contributed by atoms with Gasteiger partial charge in [-0.2, -0.15) is 0 Å². The summed E-state index contributed by atoms with van der Waals surface area (Å²) in [5, 5.41) is 0. The fraction of sp³-hybridized carbons (Fsp3) is 0.417. The van der Waals surface area contributed by atoms with Crippen LogP contribution in [-0.2, 0) is 17.6 Å². The largest absolute Gasteiger partial charge is 0.299 e. The quantitative estimate of drug-likeness (QED) is 0.552. The SMILES string of the molecule is CC1Cc2ccccc2CCC1=O. The number of benzene rings is 1. The van der Waals surface area contributed by atoms with Gasteiger partial charge in [0.15, 0.2) is 0 Å². The van der Waals surface area contributed by atoms with Gasteiger partial charge in [-0.3, -0.25) is 4.79 Å². The van der Waals surface area contributed by atoms with Crippen molar-refractivity contribution in [2.45, 2.75) is 26.2 Å². The number of Topliss-reactive ketones (excluding diaryl/α,β-unsaturated/α-hetero) is 1. The second-order valence-corrected chi connectivity index (χ2v) is 3.84. The van der Waals surface area contributed by atoms with Crippen LogP contribution in [0.1, 0.15) is 24.5 Å². The average molecular weight is 174 g/mol. The van der Waals surface area contributed by atoms with Gasteiger partial charge in [-0.05, 0) is 24.0 Å². The predicted octanol–water partition coefficient (Wildman–Crippen LogP) is 2.38. The Balaban J connectivity index is 2.35. The first-order valence-corrected chi connectivity index (χ1v) is 4.87. The third-order valence-electron chi connectivity index (χ3n) is 2.83. The number of ketones is 1. The maximum absolute atomic E-state index is 11.5. The molecule has 0 saturated carbocycles. The minimum absolute atomic E-state index is 0.212. The molecule has 0 aromatic heterocycles. The fourth-order valence-corrected chi connectivity index (χ4v) is 1.95. The summed E-state index contributed by atoms with van der Waals surface area (Å²) in [5.74, 6) is 0.625. The number of carbonyl (C=O) groups is 1. The van der Waals surface area contributed by atoms with Crippen molar-refractivity contribution in [3.63, 3.8) is 0 Å². The van der Waals surface area contributed by atoms with Gasteiger partial charge < -0.3 is 0 Å². The van der Waals surface area contributed by atoms with Crippen molar-refractivity contribution >= 4 is 5.78 Å². The minimum Gasteiger partial charge on any atom is -0.299 e. The van der Waals surface area contributed by atoms with Gasteiger partial charge in [0.25, 0.3) is 0 Å². The summed E-state index contributed by atoms with van der Waals surface area (Å²) >= 11 is 0. The molecule has 0 radical (unpaired) electrons. The molecule has 1 aromatic carbocycles. The fourth-order valence-electron chi connectivity index (χ4n) is 1.95. The molecule has 0 fully saturated rings. The Hall–Kier alpha value is -1.11.